The second kappa shape index (κ2) is 8.25. The van der Waals surface area contributed by atoms with Gasteiger partial charge in [0.25, 0.3) is 11.6 Å². The summed E-state index contributed by atoms with van der Waals surface area (Å²) in [5, 5.41) is 21.0. The van der Waals surface area contributed by atoms with Crippen molar-refractivity contribution in [3.63, 3.8) is 0 Å². The maximum absolute atomic E-state index is 12.7. The van der Waals surface area contributed by atoms with Gasteiger partial charge in [-0.1, -0.05) is 26.8 Å². The van der Waals surface area contributed by atoms with Crippen LogP contribution in [0.1, 0.15) is 64.5 Å². The van der Waals surface area contributed by atoms with Gasteiger partial charge in [0.2, 0.25) is 5.91 Å². The Labute approximate surface area is 176 Å². The first-order valence-electron chi connectivity index (χ1n) is 9.67. The van der Waals surface area contributed by atoms with E-state index in [1.807, 2.05) is 47.6 Å². The summed E-state index contributed by atoms with van der Waals surface area (Å²) < 4.78 is 1.75. The maximum atomic E-state index is 12.7. The predicted octanol–water partition coefficient (Wildman–Crippen LogP) is 3.60. The van der Waals surface area contributed by atoms with Gasteiger partial charge in [-0.25, -0.2) is 4.68 Å². The molecule has 0 bridgehead atoms. The lowest BCUT2D eigenvalue weighted by Gasteiger charge is -2.23. The fourth-order valence-corrected chi connectivity index (χ4v) is 2.69. The Bertz CT molecular complexity index is 967. The molecule has 1 atom stereocenters. The minimum atomic E-state index is -0.863. The molecule has 2 rings (SSSR count). The van der Waals surface area contributed by atoms with Crippen molar-refractivity contribution in [1.82, 2.24) is 15.1 Å². The van der Waals surface area contributed by atoms with E-state index >= 15 is 0 Å². The zero-order valence-corrected chi connectivity index (χ0v) is 18.4. The van der Waals surface area contributed by atoms with Gasteiger partial charge in [0.05, 0.1) is 16.2 Å². The molecule has 0 aliphatic carbocycles. The van der Waals surface area contributed by atoms with Crippen LogP contribution in [0.5, 0.6) is 0 Å². The van der Waals surface area contributed by atoms with Crippen LogP contribution < -0.4 is 10.6 Å². The van der Waals surface area contributed by atoms with Crippen LogP contribution in [0.3, 0.4) is 0 Å². The third-order valence-corrected chi connectivity index (χ3v) is 4.42. The molecule has 2 N–H and O–H groups in total. The summed E-state index contributed by atoms with van der Waals surface area (Å²) in [4.78, 5) is 35.5. The fraction of sp³-hybridized carbons (Fsp3) is 0.476. The van der Waals surface area contributed by atoms with Crippen molar-refractivity contribution in [2.45, 2.75) is 65.5 Å². The molecule has 9 nitrogen and oxygen atoms in total. The van der Waals surface area contributed by atoms with E-state index < -0.39 is 22.8 Å². The summed E-state index contributed by atoms with van der Waals surface area (Å²) in [7, 11) is 0. The standard InChI is InChI=1S/C21H29N5O4/c1-13(22-19(28)14-9-8-10-15(11-14)26(29)30)18(27)23-17-12-16(20(2,3)4)24-25(17)21(5,6)7/h8-13H,1-7H3,(H,22,28)(H,23,27). The van der Waals surface area contributed by atoms with Gasteiger partial charge in [-0.2, -0.15) is 5.10 Å². The molecule has 1 unspecified atom stereocenters. The molecule has 0 aliphatic heterocycles. The van der Waals surface area contributed by atoms with Crippen molar-refractivity contribution in [3.05, 3.63) is 51.7 Å². The lowest BCUT2D eigenvalue weighted by atomic mass is 9.92. The minimum Gasteiger partial charge on any atom is -0.341 e. The minimum absolute atomic E-state index is 0.110. The molecule has 9 heteroatoms. The molecule has 0 radical (unpaired) electrons. The quantitative estimate of drug-likeness (QED) is 0.571. The van der Waals surface area contributed by atoms with Crippen molar-refractivity contribution in [3.8, 4) is 0 Å². The number of rotatable bonds is 5. The first-order valence-corrected chi connectivity index (χ1v) is 9.67. The highest BCUT2D eigenvalue weighted by atomic mass is 16.6. The molecular weight excluding hydrogens is 386 g/mol. The topological polar surface area (TPSA) is 119 Å². The molecule has 1 aromatic heterocycles. The van der Waals surface area contributed by atoms with Crippen LogP contribution in [0.4, 0.5) is 11.5 Å². The number of aromatic nitrogens is 2. The number of carbonyl (C=O) groups is 2. The fourth-order valence-electron chi connectivity index (χ4n) is 2.69. The van der Waals surface area contributed by atoms with Crippen LogP contribution in [-0.4, -0.2) is 32.6 Å². The van der Waals surface area contributed by atoms with Crippen molar-refractivity contribution < 1.29 is 14.5 Å². The van der Waals surface area contributed by atoms with Gasteiger partial charge < -0.3 is 10.6 Å². The summed E-state index contributed by atoms with van der Waals surface area (Å²) in [5.41, 5.74) is 0.197. The van der Waals surface area contributed by atoms with E-state index in [-0.39, 0.29) is 22.2 Å². The lowest BCUT2D eigenvalue weighted by Crippen LogP contribution is -2.42. The summed E-state index contributed by atoms with van der Waals surface area (Å²) in [6.07, 6.45) is 0. The molecule has 1 heterocycles. The van der Waals surface area contributed by atoms with Gasteiger partial charge in [-0.3, -0.25) is 19.7 Å². The Morgan fingerprint density at radius 1 is 1.13 bits per heavy atom. The molecule has 0 spiro atoms. The van der Waals surface area contributed by atoms with Crippen molar-refractivity contribution in [1.29, 1.82) is 0 Å². The van der Waals surface area contributed by atoms with Gasteiger partial charge in [0, 0.05) is 29.2 Å². The molecule has 162 valence electrons. The van der Waals surface area contributed by atoms with Crippen LogP contribution in [0.25, 0.3) is 0 Å². The van der Waals surface area contributed by atoms with Crippen molar-refractivity contribution in [2.24, 2.45) is 0 Å². The summed E-state index contributed by atoms with van der Waals surface area (Å²) in [6.45, 7) is 13.6. The van der Waals surface area contributed by atoms with Crippen LogP contribution >= 0.6 is 0 Å². The molecule has 0 saturated carbocycles. The number of hydrogen-bond acceptors (Lipinski definition) is 5. The molecule has 0 fully saturated rings. The average molecular weight is 415 g/mol. The van der Waals surface area contributed by atoms with Crippen LogP contribution in [-0.2, 0) is 15.7 Å². The van der Waals surface area contributed by atoms with Gasteiger partial charge in [0.15, 0.2) is 0 Å². The van der Waals surface area contributed by atoms with Crippen LogP contribution in [0.15, 0.2) is 30.3 Å². The normalized spacial score (nSPS) is 12.9. The largest absolute Gasteiger partial charge is 0.341 e. The van der Waals surface area contributed by atoms with Crippen molar-refractivity contribution >= 4 is 23.3 Å². The second-order valence-corrected chi connectivity index (χ2v) is 9.24. The Balaban J connectivity index is 2.18. The monoisotopic (exact) mass is 415 g/mol. The third kappa shape index (κ3) is 5.43. The first-order chi connectivity index (χ1) is 13.7. The number of nitrogens with one attached hydrogen (secondary N) is 2. The summed E-state index contributed by atoms with van der Waals surface area (Å²) in [5.74, 6) is -0.449. The number of carbonyl (C=O) groups excluding carboxylic acids is 2. The van der Waals surface area contributed by atoms with E-state index in [0.717, 1.165) is 5.69 Å². The molecule has 1 aromatic carbocycles. The SMILES string of the molecule is CC(NC(=O)c1cccc([N+](=O)[O-])c1)C(=O)Nc1cc(C(C)(C)C)nn1C(C)(C)C. The number of nitrogens with zero attached hydrogens (tertiary/aromatic N) is 3. The predicted molar refractivity (Wildman–Crippen MR) is 115 cm³/mol. The number of hydrogen-bond donors (Lipinski definition) is 2. The first kappa shape index (κ1) is 23.1. The Morgan fingerprint density at radius 3 is 2.30 bits per heavy atom. The number of amides is 2. The second-order valence-electron chi connectivity index (χ2n) is 9.24. The van der Waals surface area contributed by atoms with Crippen molar-refractivity contribution in [2.75, 3.05) is 5.32 Å². The summed E-state index contributed by atoms with van der Waals surface area (Å²) in [6, 6.07) is 6.32. The van der Waals surface area contributed by atoms with E-state index in [9.17, 15) is 19.7 Å². The van der Waals surface area contributed by atoms with Crippen LogP contribution in [0, 0.1) is 10.1 Å². The van der Waals surface area contributed by atoms with Gasteiger partial charge in [-0.15, -0.1) is 0 Å². The molecule has 0 saturated heterocycles. The zero-order valence-electron chi connectivity index (χ0n) is 18.4. The van der Waals surface area contributed by atoms with Gasteiger partial charge in [-0.05, 0) is 33.8 Å². The number of anilines is 1. The summed E-state index contributed by atoms with van der Waals surface area (Å²) >= 11 is 0. The van der Waals surface area contributed by atoms with E-state index in [4.69, 9.17) is 0 Å². The Kier molecular flexibility index (Phi) is 6.34. The van der Waals surface area contributed by atoms with Gasteiger partial charge in [0.1, 0.15) is 11.9 Å². The Morgan fingerprint density at radius 2 is 1.77 bits per heavy atom. The molecular formula is C21H29N5O4. The smallest absolute Gasteiger partial charge is 0.270 e. The lowest BCUT2D eigenvalue weighted by molar-refractivity contribution is -0.384. The molecule has 30 heavy (non-hydrogen) atoms. The molecule has 2 amide bonds. The van der Waals surface area contributed by atoms with E-state index in [1.165, 1.54) is 24.3 Å². The maximum Gasteiger partial charge on any atom is 0.270 e. The highest BCUT2D eigenvalue weighted by Gasteiger charge is 2.27. The number of non-ortho nitro benzene ring substituents is 1. The highest BCUT2D eigenvalue weighted by Crippen LogP contribution is 2.28. The Hall–Kier alpha value is -3.23. The number of nitro groups is 1. The van der Waals surface area contributed by atoms with E-state index in [0.29, 0.717) is 5.82 Å². The van der Waals surface area contributed by atoms with Crippen LogP contribution in [0.2, 0.25) is 0 Å². The zero-order chi connectivity index (χ0) is 22.9. The van der Waals surface area contributed by atoms with E-state index in [1.54, 1.807) is 11.6 Å². The average Bonchev–Trinajstić information content (AvgIpc) is 3.06. The number of nitro benzene ring substituents is 1. The van der Waals surface area contributed by atoms with E-state index in [2.05, 4.69) is 15.7 Å². The molecule has 0 aliphatic rings. The van der Waals surface area contributed by atoms with Gasteiger partial charge >= 0.3 is 0 Å². The molecule has 2 aromatic rings. The number of benzene rings is 1. The third-order valence-electron chi connectivity index (χ3n) is 4.42. The highest BCUT2D eigenvalue weighted by molar-refractivity contribution is 6.01.